The molecule has 0 atom stereocenters. The van der Waals surface area contributed by atoms with E-state index in [9.17, 15) is 4.79 Å². The number of amides is 1. The van der Waals surface area contributed by atoms with Gasteiger partial charge in [0.25, 0.3) is 0 Å². The molecule has 0 aliphatic carbocycles. The minimum absolute atomic E-state index is 0.332. The van der Waals surface area contributed by atoms with Crippen LogP contribution in [0.2, 0.25) is 0 Å². The lowest BCUT2D eigenvalue weighted by molar-refractivity contribution is 0.0251. The average molecular weight is 414 g/mol. The van der Waals surface area contributed by atoms with Crippen molar-refractivity contribution < 1.29 is 19.1 Å². The third-order valence-electron chi connectivity index (χ3n) is 3.79. The van der Waals surface area contributed by atoms with E-state index in [0.29, 0.717) is 24.6 Å². The predicted octanol–water partition coefficient (Wildman–Crippen LogP) is 6.97. The zero-order valence-electron chi connectivity index (χ0n) is 18.4. The van der Waals surface area contributed by atoms with E-state index in [0.717, 1.165) is 29.3 Å². The third kappa shape index (κ3) is 7.83. The van der Waals surface area contributed by atoms with Crippen LogP contribution in [-0.4, -0.2) is 24.9 Å². The zero-order valence-corrected chi connectivity index (χ0v) is 18.4. The quantitative estimate of drug-likeness (QED) is 0.253. The number of carbonyl (C=O) groups excluding carboxylic acids is 1. The van der Waals surface area contributed by atoms with Crippen molar-refractivity contribution in [3.05, 3.63) is 48.5 Å². The molecule has 0 saturated carbocycles. The van der Waals surface area contributed by atoms with Crippen LogP contribution in [0.25, 0.3) is 0 Å². The molecule has 7 heteroatoms. The second kappa shape index (κ2) is 11.3. The van der Waals surface area contributed by atoms with Gasteiger partial charge in [-0.25, -0.2) is 4.79 Å². The molecule has 7 nitrogen and oxygen atoms in total. The van der Waals surface area contributed by atoms with Gasteiger partial charge < -0.3 is 9.47 Å². The number of hydrogen-bond acceptors (Lipinski definition) is 6. The number of carbonyl (C=O) groups is 1. The summed E-state index contributed by atoms with van der Waals surface area (Å²) in [5, 5.41) is 9.62. The van der Waals surface area contributed by atoms with Crippen molar-refractivity contribution in [3.63, 3.8) is 0 Å². The van der Waals surface area contributed by atoms with Crippen LogP contribution in [0.4, 0.5) is 21.9 Å². The predicted molar refractivity (Wildman–Crippen MR) is 118 cm³/mol. The number of nitrogens with zero attached hydrogens (tertiary/aromatic N) is 3. The summed E-state index contributed by atoms with van der Waals surface area (Å²) in [6.07, 6.45) is 1.57. The van der Waals surface area contributed by atoms with Gasteiger partial charge in [-0.15, -0.1) is 0 Å². The Kier molecular flexibility index (Phi) is 8.80. The molecule has 1 amide bonds. The highest BCUT2D eigenvalue weighted by Crippen LogP contribution is 2.25. The van der Waals surface area contributed by atoms with E-state index in [1.54, 1.807) is 31.2 Å². The molecule has 0 unspecified atom stereocenters. The molecule has 0 N–H and O–H groups in total. The van der Waals surface area contributed by atoms with Crippen molar-refractivity contribution in [1.82, 2.24) is 0 Å². The molecule has 0 spiro atoms. The Balaban J connectivity index is 2.02. The fraction of sp³-hybridized carbons (Fsp3) is 0.435. The van der Waals surface area contributed by atoms with Gasteiger partial charge in [-0.1, -0.05) is 13.3 Å². The van der Waals surface area contributed by atoms with Crippen LogP contribution in [0.5, 0.6) is 5.75 Å². The zero-order chi connectivity index (χ0) is 22.0. The Labute approximate surface area is 178 Å². The molecular formula is C23H31N3O4. The number of rotatable bonds is 9. The highest BCUT2D eigenvalue weighted by atomic mass is 16.7. The van der Waals surface area contributed by atoms with E-state index >= 15 is 0 Å². The molecular weight excluding hydrogens is 382 g/mol. The molecule has 0 aromatic heterocycles. The lowest BCUT2D eigenvalue weighted by Crippen LogP contribution is -2.37. The lowest BCUT2D eigenvalue weighted by atomic mass is 10.2. The van der Waals surface area contributed by atoms with Crippen molar-refractivity contribution in [2.45, 2.75) is 53.1 Å². The first-order valence-corrected chi connectivity index (χ1v) is 10.2. The minimum Gasteiger partial charge on any atom is -0.494 e. The maximum atomic E-state index is 12.4. The van der Waals surface area contributed by atoms with Crippen molar-refractivity contribution in [1.29, 1.82) is 0 Å². The van der Waals surface area contributed by atoms with Crippen molar-refractivity contribution in [3.8, 4) is 5.75 Å². The molecule has 2 aromatic rings. The van der Waals surface area contributed by atoms with Crippen LogP contribution < -0.4 is 9.80 Å². The Morgan fingerprint density at radius 2 is 1.50 bits per heavy atom. The molecule has 0 fully saturated rings. The van der Waals surface area contributed by atoms with Gasteiger partial charge in [0.1, 0.15) is 11.4 Å². The maximum Gasteiger partial charge on any atom is 0.439 e. The third-order valence-corrected chi connectivity index (χ3v) is 3.79. The lowest BCUT2D eigenvalue weighted by Gasteiger charge is -2.26. The van der Waals surface area contributed by atoms with Gasteiger partial charge in [0.05, 0.1) is 30.3 Å². The van der Waals surface area contributed by atoms with Crippen LogP contribution in [-0.2, 0) is 9.57 Å². The number of ether oxygens (including phenoxy) is 2. The number of unbranched alkanes of at least 4 members (excludes halogenated alkanes) is 1. The summed E-state index contributed by atoms with van der Waals surface area (Å²) in [5.41, 5.74) is 1.32. The van der Waals surface area contributed by atoms with E-state index in [1.165, 1.54) is 0 Å². The standard InChI is InChI=1S/C23H31N3O4/c1-6-8-17-28-21-15-11-19(12-16-21)25-24-18-9-13-20(14-10-18)26(29-7-2)22(27)30-23(3,4)5/h9-16H,6-8,17H2,1-5H3. The summed E-state index contributed by atoms with van der Waals surface area (Å²) >= 11 is 0. The van der Waals surface area contributed by atoms with Crippen LogP contribution in [0.1, 0.15) is 47.5 Å². The molecule has 0 aliphatic heterocycles. The smallest absolute Gasteiger partial charge is 0.439 e. The molecule has 0 bridgehead atoms. The summed E-state index contributed by atoms with van der Waals surface area (Å²) in [6, 6.07) is 14.5. The Hall–Kier alpha value is -2.93. The van der Waals surface area contributed by atoms with Crippen LogP contribution >= 0.6 is 0 Å². The molecule has 2 rings (SSSR count). The Bertz CT molecular complexity index is 812. The molecule has 2 aromatic carbocycles. The second-order valence-corrected chi connectivity index (χ2v) is 7.60. The molecule has 0 saturated heterocycles. The first-order chi connectivity index (χ1) is 14.3. The summed E-state index contributed by atoms with van der Waals surface area (Å²) in [7, 11) is 0. The monoisotopic (exact) mass is 413 g/mol. The molecule has 0 radical (unpaired) electrons. The van der Waals surface area contributed by atoms with Crippen LogP contribution in [0.3, 0.4) is 0 Å². The van der Waals surface area contributed by atoms with Gasteiger partial charge in [0.15, 0.2) is 0 Å². The van der Waals surface area contributed by atoms with E-state index < -0.39 is 11.7 Å². The first kappa shape index (κ1) is 23.3. The molecule has 0 heterocycles. The topological polar surface area (TPSA) is 72.7 Å². The fourth-order valence-electron chi connectivity index (χ4n) is 2.38. The van der Waals surface area contributed by atoms with E-state index in [-0.39, 0.29) is 0 Å². The van der Waals surface area contributed by atoms with Crippen molar-refractivity contribution in [2.24, 2.45) is 10.2 Å². The normalized spacial score (nSPS) is 11.5. The number of anilines is 1. The number of hydroxylamine groups is 1. The van der Waals surface area contributed by atoms with Gasteiger partial charge in [0, 0.05) is 0 Å². The first-order valence-electron chi connectivity index (χ1n) is 10.2. The highest BCUT2D eigenvalue weighted by Gasteiger charge is 2.24. The van der Waals surface area contributed by atoms with Gasteiger partial charge in [-0.05, 0) is 82.6 Å². The summed E-state index contributed by atoms with van der Waals surface area (Å²) in [4.78, 5) is 17.8. The van der Waals surface area contributed by atoms with E-state index in [2.05, 4.69) is 17.2 Å². The highest BCUT2D eigenvalue weighted by molar-refractivity contribution is 5.85. The minimum atomic E-state index is -0.614. The Morgan fingerprint density at radius 1 is 0.933 bits per heavy atom. The second-order valence-electron chi connectivity index (χ2n) is 7.60. The van der Waals surface area contributed by atoms with Crippen LogP contribution in [0.15, 0.2) is 58.8 Å². The molecule has 30 heavy (non-hydrogen) atoms. The summed E-state index contributed by atoms with van der Waals surface area (Å²) in [6.45, 7) is 10.4. The van der Waals surface area contributed by atoms with Gasteiger partial charge in [-0.2, -0.15) is 15.3 Å². The fourth-order valence-corrected chi connectivity index (χ4v) is 2.38. The van der Waals surface area contributed by atoms with Gasteiger partial charge in [-0.3, -0.25) is 4.84 Å². The Morgan fingerprint density at radius 3 is 2.00 bits per heavy atom. The number of hydrogen-bond donors (Lipinski definition) is 0. The SMILES string of the molecule is CCCCOc1ccc(N=Nc2ccc(N(OCC)C(=O)OC(C)(C)C)cc2)cc1. The van der Waals surface area contributed by atoms with Crippen molar-refractivity contribution in [2.75, 3.05) is 18.3 Å². The van der Waals surface area contributed by atoms with Gasteiger partial charge in [0.2, 0.25) is 0 Å². The molecule has 0 aliphatic rings. The molecule has 162 valence electrons. The van der Waals surface area contributed by atoms with E-state index in [1.807, 2.05) is 45.0 Å². The summed E-state index contributed by atoms with van der Waals surface area (Å²) in [5.74, 6) is 0.824. The maximum absolute atomic E-state index is 12.4. The number of benzene rings is 2. The van der Waals surface area contributed by atoms with Gasteiger partial charge >= 0.3 is 6.09 Å². The number of azo groups is 1. The summed E-state index contributed by atoms with van der Waals surface area (Å²) < 4.78 is 11.0. The van der Waals surface area contributed by atoms with Crippen molar-refractivity contribution >= 4 is 23.2 Å². The van der Waals surface area contributed by atoms with E-state index in [4.69, 9.17) is 14.3 Å². The average Bonchev–Trinajstić information content (AvgIpc) is 2.71. The van der Waals surface area contributed by atoms with Crippen LogP contribution in [0, 0.1) is 0 Å². The largest absolute Gasteiger partial charge is 0.494 e.